The number of pyridine rings is 1. The Morgan fingerprint density at radius 3 is 2.83 bits per heavy atom. The molecule has 1 aromatic carbocycles. The Kier molecular flexibility index (Phi) is 3.15. The standard InChI is InChI=1S/C11H6BrClN4S/c12-6-1-4-9(14-5-6)15-10-7(13)2-3-8-11(10)17-18-16-8/h1-5H,(H,14,15). The fourth-order valence-corrected chi connectivity index (χ4v) is 2.50. The minimum Gasteiger partial charge on any atom is -0.337 e. The first-order chi connectivity index (χ1) is 8.74. The molecule has 0 spiro atoms. The van der Waals surface area contributed by atoms with E-state index in [0.29, 0.717) is 10.8 Å². The van der Waals surface area contributed by atoms with Gasteiger partial charge < -0.3 is 5.32 Å². The molecule has 0 aliphatic rings. The van der Waals surface area contributed by atoms with Crippen LogP contribution >= 0.6 is 39.3 Å². The summed E-state index contributed by atoms with van der Waals surface area (Å²) in [5.41, 5.74) is 2.32. The van der Waals surface area contributed by atoms with Crippen molar-refractivity contribution in [2.24, 2.45) is 0 Å². The maximum Gasteiger partial charge on any atom is 0.130 e. The lowest BCUT2D eigenvalue weighted by Crippen LogP contribution is -1.95. The minimum atomic E-state index is 0.597. The third-order valence-electron chi connectivity index (χ3n) is 2.36. The predicted molar refractivity (Wildman–Crippen MR) is 77.6 cm³/mol. The summed E-state index contributed by atoms with van der Waals surface area (Å²) in [6, 6.07) is 7.41. The zero-order valence-electron chi connectivity index (χ0n) is 8.89. The zero-order chi connectivity index (χ0) is 12.5. The van der Waals surface area contributed by atoms with Gasteiger partial charge in [-0.1, -0.05) is 11.6 Å². The highest BCUT2D eigenvalue weighted by Crippen LogP contribution is 2.32. The van der Waals surface area contributed by atoms with Gasteiger partial charge in [0.05, 0.1) is 22.4 Å². The Morgan fingerprint density at radius 1 is 1.17 bits per heavy atom. The number of anilines is 2. The first-order valence-corrected chi connectivity index (χ1v) is 6.93. The molecule has 0 bridgehead atoms. The molecule has 0 fully saturated rings. The summed E-state index contributed by atoms with van der Waals surface area (Å²) in [7, 11) is 0. The fraction of sp³-hybridized carbons (Fsp3) is 0. The van der Waals surface area contributed by atoms with Crippen molar-refractivity contribution in [1.29, 1.82) is 0 Å². The lowest BCUT2D eigenvalue weighted by Gasteiger charge is -2.07. The molecule has 0 unspecified atom stereocenters. The van der Waals surface area contributed by atoms with E-state index < -0.39 is 0 Å². The van der Waals surface area contributed by atoms with Crippen molar-refractivity contribution < 1.29 is 0 Å². The maximum absolute atomic E-state index is 6.18. The molecule has 1 N–H and O–H groups in total. The Morgan fingerprint density at radius 2 is 2.06 bits per heavy atom. The Bertz CT molecular complexity index is 698. The third kappa shape index (κ3) is 2.19. The smallest absolute Gasteiger partial charge is 0.130 e. The first kappa shape index (κ1) is 11.8. The molecule has 0 aliphatic heterocycles. The minimum absolute atomic E-state index is 0.597. The molecule has 0 atom stereocenters. The number of fused-ring (bicyclic) bond motifs is 1. The quantitative estimate of drug-likeness (QED) is 0.757. The largest absolute Gasteiger partial charge is 0.337 e. The van der Waals surface area contributed by atoms with Gasteiger partial charge in [0, 0.05) is 10.7 Å². The highest BCUT2D eigenvalue weighted by molar-refractivity contribution is 9.10. The van der Waals surface area contributed by atoms with Crippen molar-refractivity contribution in [3.63, 3.8) is 0 Å². The van der Waals surface area contributed by atoms with Crippen LogP contribution in [-0.2, 0) is 0 Å². The van der Waals surface area contributed by atoms with Crippen LogP contribution in [0.1, 0.15) is 0 Å². The van der Waals surface area contributed by atoms with Crippen LogP contribution < -0.4 is 5.32 Å². The highest BCUT2D eigenvalue weighted by atomic mass is 79.9. The van der Waals surface area contributed by atoms with E-state index in [1.54, 1.807) is 12.3 Å². The normalized spacial score (nSPS) is 10.8. The van der Waals surface area contributed by atoms with Gasteiger partial charge >= 0.3 is 0 Å². The summed E-state index contributed by atoms with van der Waals surface area (Å²) in [5, 5.41) is 3.77. The van der Waals surface area contributed by atoms with Crippen molar-refractivity contribution in [1.82, 2.24) is 13.7 Å². The highest BCUT2D eigenvalue weighted by Gasteiger charge is 2.10. The second-order valence-corrected chi connectivity index (χ2v) is 5.39. The second kappa shape index (κ2) is 4.79. The van der Waals surface area contributed by atoms with Crippen LogP contribution in [0.25, 0.3) is 11.0 Å². The Hall–Kier alpha value is -1.24. The molecule has 0 radical (unpaired) electrons. The van der Waals surface area contributed by atoms with Crippen LogP contribution in [0.15, 0.2) is 34.9 Å². The van der Waals surface area contributed by atoms with Gasteiger partial charge in [-0.15, -0.1) is 0 Å². The SMILES string of the molecule is Clc1ccc2nsnc2c1Nc1ccc(Br)cn1. The molecule has 0 saturated heterocycles. The summed E-state index contributed by atoms with van der Waals surface area (Å²) in [6.07, 6.45) is 1.72. The van der Waals surface area contributed by atoms with E-state index >= 15 is 0 Å². The number of nitrogens with zero attached hydrogens (tertiary/aromatic N) is 3. The van der Waals surface area contributed by atoms with Gasteiger partial charge in [-0.3, -0.25) is 0 Å². The van der Waals surface area contributed by atoms with E-state index in [2.05, 4.69) is 35.0 Å². The second-order valence-electron chi connectivity index (χ2n) is 3.54. The van der Waals surface area contributed by atoms with Crippen LogP contribution in [0.2, 0.25) is 5.02 Å². The van der Waals surface area contributed by atoms with E-state index in [0.717, 1.165) is 32.9 Å². The van der Waals surface area contributed by atoms with Crippen molar-refractivity contribution in [2.75, 3.05) is 5.32 Å². The van der Waals surface area contributed by atoms with Gasteiger partial charge in [0.2, 0.25) is 0 Å². The van der Waals surface area contributed by atoms with Crippen LogP contribution in [-0.4, -0.2) is 13.7 Å². The van der Waals surface area contributed by atoms with Crippen molar-refractivity contribution in [3.8, 4) is 0 Å². The Balaban J connectivity index is 2.06. The van der Waals surface area contributed by atoms with Gasteiger partial charge in [-0.2, -0.15) is 8.75 Å². The summed E-state index contributed by atoms with van der Waals surface area (Å²) in [5.74, 6) is 0.709. The maximum atomic E-state index is 6.18. The van der Waals surface area contributed by atoms with E-state index in [1.807, 2.05) is 18.2 Å². The first-order valence-electron chi connectivity index (χ1n) is 5.03. The van der Waals surface area contributed by atoms with Crippen molar-refractivity contribution in [2.45, 2.75) is 0 Å². The monoisotopic (exact) mass is 340 g/mol. The third-order valence-corrected chi connectivity index (χ3v) is 3.68. The van der Waals surface area contributed by atoms with Crippen LogP contribution in [0, 0.1) is 0 Å². The summed E-state index contributed by atoms with van der Waals surface area (Å²) >= 11 is 10.7. The number of hydrogen-bond acceptors (Lipinski definition) is 5. The van der Waals surface area contributed by atoms with Gasteiger partial charge in [0.25, 0.3) is 0 Å². The van der Waals surface area contributed by atoms with Gasteiger partial charge in [-0.25, -0.2) is 4.98 Å². The molecule has 0 amide bonds. The van der Waals surface area contributed by atoms with Crippen LogP contribution in [0.3, 0.4) is 0 Å². The average Bonchev–Trinajstić information content (AvgIpc) is 2.84. The van der Waals surface area contributed by atoms with E-state index in [1.165, 1.54) is 0 Å². The number of nitrogens with one attached hydrogen (secondary N) is 1. The van der Waals surface area contributed by atoms with Crippen molar-refractivity contribution in [3.05, 3.63) is 40.0 Å². The fourth-order valence-electron chi connectivity index (χ4n) is 1.52. The van der Waals surface area contributed by atoms with Gasteiger partial charge in [-0.05, 0) is 40.2 Å². The number of halogens is 2. The molecule has 7 heteroatoms. The molecule has 2 heterocycles. The lowest BCUT2D eigenvalue weighted by atomic mass is 10.2. The van der Waals surface area contributed by atoms with Gasteiger partial charge in [0.15, 0.2) is 0 Å². The van der Waals surface area contributed by atoms with E-state index in [4.69, 9.17) is 11.6 Å². The zero-order valence-corrected chi connectivity index (χ0v) is 12.1. The van der Waals surface area contributed by atoms with E-state index in [-0.39, 0.29) is 0 Å². The van der Waals surface area contributed by atoms with Crippen molar-refractivity contribution >= 4 is 61.8 Å². The Labute approximate surface area is 120 Å². The summed E-state index contributed by atoms with van der Waals surface area (Å²) in [6.45, 7) is 0. The summed E-state index contributed by atoms with van der Waals surface area (Å²) in [4.78, 5) is 4.24. The summed E-state index contributed by atoms with van der Waals surface area (Å²) < 4.78 is 9.34. The average molecular weight is 342 g/mol. The molecular formula is C11H6BrClN4S. The molecule has 0 aliphatic carbocycles. The molecule has 4 nitrogen and oxygen atoms in total. The number of rotatable bonds is 2. The molecule has 3 aromatic rings. The number of aromatic nitrogens is 3. The topological polar surface area (TPSA) is 50.7 Å². The molecule has 18 heavy (non-hydrogen) atoms. The molecule has 0 saturated carbocycles. The molecule has 2 aromatic heterocycles. The predicted octanol–water partition coefficient (Wildman–Crippen LogP) is 4.25. The van der Waals surface area contributed by atoms with Crippen LogP contribution in [0.5, 0.6) is 0 Å². The number of hydrogen-bond donors (Lipinski definition) is 1. The molecule has 90 valence electrons. The van der Waals surface area contributed by atoms with Gasteiger partial charge in [0.1, 0.15) is 16.9 Å². The van der Waals surface area contributed by atoms with E-state index in [9.17, 15) is 0 Å². The molecule has 3 rings (SSSR count). The lowest BCUT2D eigenvalue weighted by molar-refractivity contribution is 1.29. The van der Waals surface area contributed by atoms with Crippen LogP contribution in [0.4, 0.5) is 11.5 Å². The number of benzene rings is 1. The molecular weight excluding hydrogens is 336 g/mol.